The largest absolute Gasteiger partial charge is 0.449 e. The summed E-state index contributed by atoms with van der Waals surface area (Å²) in [5.74, 6) is 0. The average Bonchev–Trinajstić information content (AvgIpc) is 2.54. The third-order valence-corrected chi connectivity index (χ3v) is 5.72. The Kier molecular flexibility index (Phi) is 5.99. The van der Waals surface area contributed by atoms with Crippen molar-refractivity contribution in [2.24, 2.45) is 0 Å². The van der Waals surface area contributed by atoms with Gasteiger partial charge in [0.05, 0.1) is 25.5 Å². The number of amides is 1. The molecule has 1 heterocycles. The highest BCUT2D eigenvalue weighted by Crippen LogP contribution is 2.63. The van der Waals surface area contributed by atoms with Crippen LogP contribution in [0.5, 0.6) is 0 Å². The molecule has 6 nitrogen and oxygen atoms in total. The van der Waals surface area contributed by atoms with Gasteiger partial charge in [-0.1, -0.05) is 18.2 Å². The van der Waals surface area contributed by atoms with Crippen LogP contribution in [0.3, 0.4) is 0 Å². The van der Waals surface area contributed by atoms with Gasteiger partial charge in [-0.2, -0.15) is 0 Å². The summed E-state index contributed by atoms with van der Waals surface area (Å²) in [6, 6.07) is 7.25. The predicted octanol–water partition coefficient (Wildman–Crippen LogP) is 4.48. The maximum absolute atomic E-state index is 13.1. The van der Waals surface area contributed by atoms with E-state index in [1.165, 1.54) is 4.90 Å². The Balaban J connectivity index is 2.44. The molecule has 0 bridgehead atoms. The number of carbonyl (C=O) groups excluding carboxylic acids is 1. The summed E-state index contributed by atoms with van der Waals surface area (Å²) in [6.07, 6.45) is 2.76. The van der Waals surface area contributed by atoms with Gasteiger partial charge < -0.3 is 13.8 Å². The lowest BCUT2D eigenvalue weighted by Crippen LogP contribution is -2.29. The first kappa shape index (κ1) is 17.7. The molecule has 23 heavy (non-hydrogen) atoms. The molecule has 1 amide bonds. The van der Waals surface area contributed by atoms with Gasteiger partial charge in [0.2, 0.25) is 0 Å². The Morgan fingerprint density at radius 1 is 1.13 bits per heavy atom. The summed E-state index contributed by atoms with van der Waals surface area (Å²) in [5, 5.41) is 0. The highest BCUT2D eigenvalue weighted by Gasteiger charge is 2.39. The van der Waals surface area contributed by atoms with Crippen molar-refractivity contribution in [3.8, 4) is 0 Å². The standard InChI is InChI=1S/C16H22NO5P/c1-4-20-16(18)17-12-11-15(13-9-7-8-10-14(13)17)23(19,21-5-2)22-6-3/h7-12,15H,4-6H2,1-3H3. The zero-order chi connectivity index (χ0) is 16.9. The number of ether oxygens (including phenoxy) is 1. The second kappa shape index (κ2) is 7.77. The summed E-state index contributed by atoms with van der Waals surface area (Å²) >= 11 is 0. The summed E-state index contributed by atoms with van der Waals surface area (Å²) in [6.45, 7) is 6.14. The zero-order valence-electron chi connectivity index (χ0n) is 13.6. The van der Waals surface area contributed by atoms with E-state index in [4.69, 9.17) is 13.8 Å². The topological polar surface area (TPSA) is 65.1 Å². The molecule has 0 N–H and O–H groups in total. The average molecular weight is 339 g/mol. The molecule has 1 unspecified atom stereocenters. The van der Waals surface area contributed by atoms with Crippen LogP contribution in [0.4, 0.5) is 10.5 Å². The van der Waals surface area contributed by atoms with Crippen LogP contribution in [0.25, 0.3) is 0 Å². The number of allylic oxidation sites excluding steroid dienone is 1. The molecule has 7 heteroatoms. The first-order valence-corrected chi connectivity index (χ1v) is 9.30. The molecule has 0 aromatic heterocycles. The van der Waals surface area contributed by atoms with Gasteiger partial charge in [0.1, 0.15) is 5.66 Å². The van der Waals surface area contributed by atoms with Crippen LogP contribution in [-0.4, -0.2) is 25.9 Å². The number of anilines is 1. The third kappa shape index (κ3) is 3.66. The second-order valence-electron chi connectivity index (χ2n) is 4.79. The Labute approximate surface area is 136 Å². The number of carbonyl (C=O) groups is 1. The van der Waals surface area contributed by atoms with E-state index in [0.717, 1.165) is 0 Å². The van der Waals surface area contributed by atoms with Crippen molar-refractivity contribution in [3.63, 3.8) is 0 Å². The monoisotopic (exact) mass is 339 g/mol. The van der Waals surface area contributed by atoms with E-state index in [1.54, 1.807) is 39.1 Å². The summed E-state index contributed by atoms with van der Waals surface area (Å²) in [7, 11) is -3.36. The normalized spacial score (nSPS) is 17.0. The van der Waals surface area contributed by atoms with Gasteiger partial charge in [-0.25, -0.2) is 4.79 Å². The van der Waals surface area contributed by atoms with Crippen molar-refractivity contribution >= 4 is 19.4 Å². The molecule has 126 valence electrons. The first-order valence-electron chi connectivity index (χ1n) is 7.69. The van der Waals surface area contributed by atoms with E-state index in [9.17, 15) is 9.36 Å². The fourth-order valence-corrected chi connectivity index (χ4v) is 4.46. The highest BCUT2D eigenvalue weighted by atomic mass is 31.2. The lowest BCUT2D eigenvalue weighted by Gasteiger charge is -2.31. The molecular weight excluding hydrogens is 317 g/mol. The molecule has 0 saturated heterocycles. The highest BCUT2D eigenvalue weighted by molar-refractivity contribution is 7.54. The minimum Gasteiger partial charge on any atom is -0.449 e. The van der Waals surface area contributed by atoms with Crippen LogP contribution < -0.4 is 4.90 Å². The van der Waals surface area contributed by atoms with E-state index >= 15 is 0 Å². The van der Waals surface area contributed by atoms with Gasteiger partial charge in [0, 0.05) is 6.20 Å². The summed E-state index contributed by atoms with van der Waals surface area (Å²) in [5.41, 5.74) is 0.788. The molecule has 0 aliphatic carbocycles. The van der Waals surface area contributed by atoms with Gasteiger partial charge in [0.25, 0.3) is 0 Å². The Morgan fingerprint density at radius 3 is 2.39 bits per heavy atom. The maximum Gasteiger partial charge on any atom is 0.418 e. The van der Waals surface area contributed by atoms with Gasteiger partial charge in [-0.3, -0.25) is 9.46 Å². The molecular formula is C16H22NO5P. The van der Waals surface area contributed by atoms with Crippen LogP contribution >= 0.6 is 7.60 Å². The molecule has 2 rings (SSSR count). The number of nitrogens with zero attached hydrogens (tertiary/aromatic N) is 1. The van der Waals surface area contributed by atoms with Gasteiger partial charge in [0.15, 0.2) is 0 Å². The van der Waals surface area contributed by atoms with Crippen LogP contribution in [-0.2, 0) is 18.3 Å². The van der Waals surface area contributed by atoms with Gasteiger partial charge in [-0.05, 0) is 38.5 Å². The number of para-hydroxylation sites is 1. The SMILES string of the molecule is CCOC(=O)N1C=CC(P(=O)(OCC)OCC)c2ccccc21. The molecule has 0 fully saturated rings. The van der Waals surface area contributed by atoms with Crippen molar-refractivity contribution in [3.05, 3.63) is 42.1 Å². The van der Waals surface area contributed by atoms with E-state index in [2.05, 4.69) is 0 Å². The molecule has 1 aliphatic heterocycles. The number of rotatable bonds is 6. The fraction of sp³-hybridized carbons (Fsp3) is 0.438. The number of fused-ring (bicyclic) bond motifs is 1. The van der Waals surface area contributed by atoms with Crippen LogP contribution in [0.15, 0.2) is 36.5 Å². The Bertz CT molecular complexity index is 621. The minimum atomic E-state index is -3.36. The Morgan fingerprint density at radius 2 is 1.78 bits per heavy atom. The molecule has 0 saturated carbocycles. The van der Waals surface area contributed by atoms with Crippen molar-refractivity contribution in [1.29, 1.82) is 0 Å². The lowest BCUT2D eigenvalue weighted by molar-refractivity contribution is 0.162. The molecule has 0 spiro atoms. The second-order valence-corrected chi connectivity index (χ2v) is 6.94. The Hall–Kier alpha value is -1.62. The number of benzene rings is 1. The van der Waals surface area contributed by atoms with Crippen LogP contribution in [0.2, 0.25) is 0 Å². The lowest BCUT2D eigenvalue weighted by atomic mass is 10.1. The molecule has 1 aliphatic rings. The predicted molar refractivity (Wildman–Crippen MR) is 88.7 cm³/mol. The van der Waals surface area contributed by atoms with E-state index in [-0.39, 0.29) is 19.8 Å². The zero-order valence-corrected chi connectivity index (χ0v) is 14.5. The van der Waals surface area contributed by atoms with Crippen LogP contribution in [0.1, 0.15) is 32.0 Å². The smallest absolute Gasteiger partial charge is 0.418 e. The van der Waals surface area contributed by atoms with E-state index in [1.807, 2.05) is 18.2 Å². The van der Waals surface area contributed by atoms with Gasteiger partial charge in [-0.15, -0.1) is 0 Å². The summed E-state index contributed by atoms with van der Waals surface area (Å²) in [4.78, 5) is 13.5. The minimum absolute atomic E-state index is 0.283. The maximum atomic E-state index is 13.1. The number of hydrogen-bond donors (Lipinski definition) is 0. The molecule has 1 atom stereocenters. The van der Waals surface area contributed by atoms with Crippen molar-refractivity contribution in [2.45, 2.75) is 26.4 Å². The molecule has 1 aromatic carbocycles. The van der Waals surface area contributed by atoms with Crippen molar-refractivity contribution in [1.82, 2.24) is 0 Å². The first-order chi connectivity index (χ1) is 11.1. The third-order valence-electron chi connectivity index (χ3n) is 3.36. The quantitative estimate of drug-likeness (QED) is 0.715. The number of hydrogen-bond acceptors (Lipinski definition) is 5. The fourth-order valence-electron chi connectivity index (χ4n) is 2.49. The van der Waals surface area contributed by atoms with E-state index in [0.29, 0.717) is 11.3 Å². The van der Waals surface area contributed by atoms with Crippen LogP contribution in [0, 0.1) is 0 Å². The summed E-state index contributed by atoms with van der Waals surface area (Å²) < 4.78 is 29.1. The van der Waals surface area contributed by atoms with E-state index < -0.39 is 19.3 Å². The van der Waals surface area contributed by atoms with Crippen molar-refractivity contribution in [2.75, 3.05) is 24.7 Å². The van der Waals surface area contributed by atoms with Gasteiger partial charge >= 0.3 is 13.7 Å². The molecule has 0 radical (unpaired) electrons. The van der Waals surface area contributed by atoms with Crippen molar-refractivity contribution < 1.29 is 23.1 Å². The molecule has 1 aromatic rings.